The molecule has 1 heterocycles. The third-order valence-electron chi connectivity index (χ3n) is 3.36. The van der Waals surface area contributed by atoms with E-state index < -0.39 is 0 Å². The van der Waals surface area contributed by atoms with Gasteiger partial charge < -0.3 is 0 Å². The summed E-state index contributed by atoms with van der Waals surface area (Å²) in [5, 5.41) is 2.19. The van der Waals surface area contributed by atoms with E-state index in [0.29, 0.717) is 0 Å². The molecule has 0 amide bonds. The number of thiophene rings is 1. The highest BCUT2D eigenvalue weighted by Crippen LogP contribution is 2.30. The molecule has 0 saturated carbocycles. The molecule has 1 aromatic heterocycles. The van der Waals surface area contributed by atoms with E-state index in [1.807, 2.05) is 11.3 Å². The highest BCUT2D eigenvalue weighted by Gasteiger charge is 2.14. The normalized spacial score (nSPS) is 15.1. The molecule has 0 aliphatic carbocycles. The van der Waals surface area contributed by atoms with Gasteiger partial charge in [-0.2, -0.15) is 0 Å². The fraction of sp³-hybridized carbons (Fsp3) is 0.714. The smallest absolute Gasteiger partial charge is 0.00760 e. The van der Waals surface area contributed by atoms with E-state index in [2.05, 4.69) is 38.3 Å². The second-order valence-corrected chi connectivity index (χ2v) is 5.61. The number of unbranched alkanes of at least 4 members (excludes halogenated alkanes) is 3. The van der Waals surface area contributed by atoms with Crippen molar-refractivity contribution in [2.75, 3.05) is 0 Å². The van der Waals surface area contributed by atoms with Crippen LogP contribution in [0, 0.1) is 5.92 Å². The first-order chi connectivity index (χ1) is 7.25. The summed E-state index contributed by atoms with van der Waals surface area (Å²) in [6.45, 7) is 7.05. The van der Waals surface area contributed by atoms with Crippen LogP contribution in [0.3, 0.4) is 0 Å². The first kappa shape index (κ1) is 12.8. The summed E-state index contributed by atoms with van der Waals surface area (Å²) in [4.78, 5) is 1.55. The summed E-state index contributed by atoms with van der Waals surface area (Å²) >= 11 is 1.90. The molecule has 0 radical (unpaired) electrons. The molecule has 0 nitrogen and oxygen atoms in total. The van der Waals surface area contributed by atoms with Crippen molar-refractivity contribution in [1.29, 1.82) is 0 Å². The first-order valence-electron chi connectivity index (χ1n) is 6.29. The molecule has 0 aliphatic heterocycles. The van der Waals surface area contributed by atoms with Crippen LogP contribution in [0.25, 0.3) is 0 Å². The van der Waals surface area contributed by atoms with Crippen LogP contribution in [0.2, 0.25) is 0 Å². The van der Waals surface area contributed by atoms with Gasteiger partial charge in [0, 0.05) is 4.88 Å². The van der Waals surface area contributed by atoms with Crippen LogP contribution in [-0.4, -0.2) is 0 Å². The fourth-order valence-corrected chi connectivity index (χ4v) is 2.89. The van der Waals surface area contributed by atoms with Gasteiger partial charge in [-0.15, -0.1) is 11.3 Å². The molecule has 1 aromatic rings. The molecule has 0 N–H and O–H groups in total. The van der Waals surface area contributed by atoms with Crippen molar-refractivity contribution in [3.05, 3.63) is 22.4 Å². The molecule has 2 unspecified atom stereocenters. The van der Waals surface area contributed by atoms with Gasteiger partial charge in [-0.1, -0.05) is 58.9 Å². The number of rotatable bonds is 7. The standard InChI is InChI=1S/C14H24S/c1-4-5-6-7-9-12(2)13(3)14-10-8-11-15-14/h8,10-13H,4-7,9H2,1-3H3. The first-order valence-corrected chi connectivity index (χ1v) is 7.17. The van der Waals surface area contributed by atoms with E-state index in [4.69, 9.17) is 0 Å². The highest BCUT2D eigenvalue weighted by molar-refractivity contribution is 7.10. The lowest BCUT2D eigenvalue weighted by Gasteiger charge is -2.18. The Kier molecular flexibility index (Phi) is 6.00. The van der Waals surface area contributed by atoms with Crippen LogP contribution in [0.4, 0.5) is 0 Å². The van der Waals surface area contributed by atoms with Crippen LogP contribution >= 0.6 is 11.3 Å². The molecule has 0 saturated heterocycles. The van der Waals surface area contributed by atoms with Crippen molar-refractivity contribution in [2.24, 2.45) is 5.92 Å². The van der Waals surface area contributed by atoms with Crippen molar-refractivity contribution in [3.8, 4) is 0 Å². The quantitative estimate of drug-likeness (QED) is 0.540. The Balaban J connectivity index is 2.24. The van der Waals surface area contributed by atoms with Crippen molar-refractivity contribution in [2.45, 2.75) is 58.8 Å². The largest absolute Gasteiger partial charge is 0.149 e. The molecule has 0 spiro atoms. The van der Waals surface area contributed by atoms with Crippen molar-refractivity contribution in [3.63, 3.8) is 0 Å². The predicted octanol–water partition coefficient (Wildman–Crippen LogP) is 5.46. The van der Waals surface area contributed by atoms with Crippen LogP contribution < -0.4 is 0 Å². The fourth-order valence-electron chi connectivity index (χ4n) is 1.97. The van der Waals surface area contributed by atoms with E-state index in [-0.39, 0.29) is 0 Å². The summed E-state index contributed by atoms with van der Waals surface area (Å²) in [5.41, 5.74) is 0. The molecule has 2 atom stereocenters. The molecule has 86 valence electrons. The Morgan fingerprint density at radius 2 is 2.00 bits per heavy atom. The summed E-state index contributed by atoms with van der Waals surface area (Å²) in [7, 11) is 0. The molecule has 0 aliphatic rings. The van der Waals surface area contributed by atoms with E-state index in [9.17, 15) is 0 Å². The zero-order chi connectivity index (χ0) is 11.1. The SMILES string of the molecule is CCCCCCC(C)C(C)c1cccs1. The Labute approximate surface area is 98.7 Å². The van der Waals surface area contributed by atoms with Gasteiger partial charge in [-0.25, -0.2) is 0 Å². The van der Waals surface area contributed by atoms with Gasteiger partial charge in [-0.05, 0) is 23.3 Å². The zero-order valence-corrected chi connectivity index (χ0v) is 11.1. The topological polar surface area (TPSA) is 0 Å². The summed E-state index contributed by atoms with van der Waals surface area (Å²) in [6, 6.07) is 4.44. The van der Waals surface area contributed by atoms with E-state index in [0.717, 1.165) is 11.8 Å². The molecular formula is C14H24S. The zero-order valence-electron chi connectivity index (χ0n) is 10.3. The molecule has 0 bridgehead atoms. The minimum absolute atomic E-state index is 0.742. The molecular weight excluding hydrogens is 200 g/mol. The third kappa shape index (κ3) is 4.38. The molecule has 15 heavy (non-hydrogen) atoms. The molecule has 0 fully saturated rings. The van der Waals surface area contributed by atoms with Crippen molar-refractivity contribution in [1.82, 2.24) is 0 Å². The van der Waals surface area contributed by atoms with Crippen LogP contribution in [0.1, 0.15) is 63.7 Å². The summed E-state index contributed by atoms with van der Waals surface area (Å²) in [6.07, 6.45) is 6.96. The summed E-state index contributed by atoms with van der Waals surface area (Å²) in [5.74, 6) is 1.58. The second-order valence-electron chi connectivity index (χ2n) is 4.63. The monoisotopic (exact) mass is 224 g/mol. The average Bonchev–Trinajstić information content (AvgIpc) is 2.76. The van der Waals surface area contributed by atoms with Crippen LogP contribution in [0.15, 0.2) is 17.5 Å². The number of hydrogen-bond donors (Lipinski definition) is 0. The van der Waals surface area contributed by atoms with Gasteiger partial charge >= 0.3 is 0 Å². The lowest BCUT2D eigenvalue weighted by molar-refractivity contribution is 0.432. The van der Waals surface area contributed by atoms with Gasteiger partial charge in [0.1, 0.15) is 0 Å². The van der Waals surface area contributed by atoms with Crippen molar-refractivity contribution < 1.29 is 0 Å². The van der Waals surface area contributed by atoms with Crippen molar-refractivity contribution >= 4 is 11.3 Å². The lowest BCUT2D eigenvalue weighted by atomic mass is 9.89. The third-order valence-corrected chi connectivity index (χ3v) is 4.43. The Morgan fingerprint density at radius 3 is 2.60 bits per heavy atom. The second kappa shape index (κ2) is 7.05. The van der Waals surface area contributed by atoms with Gasteiger partial charge in [0.15, 0.2) is 0 Å². The maximum absolute atomic E-state index is 2.40. The minimum Gasteiger partial charge on any atom is -0.149 e. The lowest BCUT2D eigenvalue weighted by Crippen LogP contribution is -2.04. The minimum atomic E-state index is 0.742. The average molecular weight is 224 g/mol. The maximum Gasteiger partial charge on any atom is 0.00760 e. The van der Waals surface area contributed by atoms with E-state index in [1.165, 1.54) is 32.1 Å². The molecule has 0 aromatic carbocycles. The number of hydrogen-bond acceptors (Lipinski definition) is 1. The molecule has 1 heteroatoms. The highest BCUT2D eigenvalue weighted by atomic mass is 32.1. The van der Waals surface area contributed by atoms with E-state index >= 15 is 0 Å². The van der Waals surface area contributed by atoms with Gasteiger partial charge in [-0.3, -0.25) is 0 Å². The Bertz CT molecular complexity index is 238. The molecule has 1 rings (SSSR count). The van der Waals surface area contributed by atoms with E-state index in [1.54, 1.807) is 4.88 Å². The summed E-state index contributed by atoms with van der Waals surface area (Å²) < 4.78 is 0. The Morgan fingerprint density at radius 1 is 1.20 bits per heavy atom. The van der Waals surface area contributed by atoms with Crippen LogP contribution in [-0.2, 0) is 0 Å². The van der Waals surface area contributed by atoms with Gasteiger partial charge in [0.2, 0.25) is 0 Å². The predicted molar refractivity (Wildman–Crippen MR) is 70.7 cm³/mol. The van der Waals surface area contributed by atoms with Gasteiger partial charge in [0.05, 0.1) is 0 Å². The Hall–Kier alpha value is -0.300. The van der Waals surface area contributed by atoms with Gasteiger partial charge in [0.25, 0.3) is 0 Å². The maximum atomic E-state index is 2.40. The van der Waals surface area contributed by atoms with Crippen LogP contribution in [0.5, 0.6) is 0 Å².